The Balaban J connectivity index is 1.45. The van der Waals surface area contributed by atoms with Gasteiger partial charge in [0.1, 0.15) is 23.5 Å². The number of nitrogens with zero attached hydrogens (tertiary/aromatic N) is 4. The summed E-state index contributed by atoms with van der Waals surface area (Å²) in [7, 11) is 0. The van der Waals surface area contributed by atoms with Crippen molar-refractivity contribution >= 4 is 45.5 Å². The van der Waals surface area contributed by atoms with Gasteiger partial charge < -0.3 is 25.4 Å². The molecule has 156 valence electrons. The van der Waals surface area contributed by atoms with E-state index in [4.69, 9.17) is 5.11 Å². The van der Waals surface area contributed by atoms with E-state index in [0.717, 1.165) is 27.2 Å². The summed E-state index contributed by atoms with van der Waals surface area (Å²) in [6.07, 6.45) is 4.84. The molecule has 0 radical (unpaired) electrons. The first-order valence-electron chi connectivity index (χ1n) is 9.58. The van der Waals surface area contributed by atoms with E-state index in [9.17, 15) is 9.90 Å². The maximum absolute atomic E-state index is 11.1. The van der Waals surface area contributed by atoms with Crippen LogP contribution < -0.4 is 5.32 Å². The average molecular weight is 434 g/mol. The Morgan fingerprint density at radius 2 is 2.16 bits per heavy atom. The molecular weight excluding hydrogens is 416 g/mol. The Bertz CT molecular complexity index is 1300. The molecule has 0 fully saturated rings. The standard InChI is InChI=1S/C21H18N6O3S/c28-17-2-1-13(7-14(17)18-9-22-11-31-18)25-19-15-8-16(26-20(15)24-10-23-19)12-3-5-27(6-4-12)21(29)30/h1-3,7-11,28H,4-6H2,(H,29,30)(H2,23,24,25,26). The average Bonchev–Trinajstić information content (AvgIpc) is 3.46. The number of amides is 1. The number of nitrogens with one attached hydrogen (secondary N) is 2. The van der Waals surface area contributed by atoms with Crippen molar-refractivity contribution in [1.82, 2.24) is 24.8 Å². The first-order chi connectivity index (χ1) is 15.1. The molecule has 0 atom stereocenters. The Morgan fingerprint density at radius 3 is 2.90 bits per heavy atom. The molecule has 0 aliphatic carbocycles. The summed E-state index contributed by atoms with van der Waals surface area (Å²) in [6, 6.07) is 7.25. The topological polar surface area (TPSA) is 127 Å². The predicted molar refractivity (Wildman–Crippen MR) is 119 cm³/mol. The molecule has 0 spiro atoms. The van der Waals surface area contributed by atoms with Crippen LogP contribution in [0.15, 0.2) is 48.4 Å². The molecule has 0 bridgehead atoms. The number of aromatic hydroxyl groups is 1. The van der Waals surface area contributed by atoms with E-state index >= 15 is 0 Å². The van der Waals surface area contributed by atoms with Crippen LogP contribution >= 0.6 is 11.3 Å². The minimum atomic E-state index is -0.907. The molecule has 4 N–H and O–H groups in total. The number of rotatable bonds is 4. The highest BCUT2D eigenvalue weighted by molar-refractivity contribution is 7.13. The third kappa shape index (κ3) is 3.68. The molecule has 10 heteroatoms. The van der Waals surface area contributed by atoms with Gasteiger partial charge in [-0.3, -0.25) is 4.98 Å². The van der Waals surface area contributed by atoms with Gasteiger partial charge >= 0.3 is 6.09 Å². The van der Waals surface area contributed by atoms with E-state index in [1.807, 2.05) is 18.2 Å². The molecule has 1 aliphatic heterocycles. The summed E-state index contributed by atoms with van der Waals surface area (Å²) in [5, 5.41) is 23.5. The van der Waals surface area contributed by atoms with Crippen LogP contribution in [0.25, 0.3) is 27.0 Å². The molecule has 1 amide bonds. The summed E-state index contributed by atoms with van der Waals surface area (Å²) in [6.45, 7) is 0.825. The fraction of sp³-hybridized carbons (Fsp3) is 0.143. The number of phenolic OH excluding ortho intramolecular Hbond substituents is 1. The second-order valence-electron chi connectivity index (χ2n) is 7.10. The maximum Gasteiger partial charge on any atom is 0.407 e. The fourth-order valence-electron chi connectivity index (χ4n) is 3.60. The quantitative estimate of drug-likeness (QED) is 0.353. The highest BCUT2D eigenvalue weighted by Crippen LogP contribution is 2.35. The molecule has 1 aliphatic rings. The van der Waals surface area contributed by atoms with E-state index in [1.165, 1.54) is 22.6 Å². The first kappa shape index (κ1) is 19.1. The van der Waals surface area contributed by atoms with Crippen molar-refractivity contribution in [3.8, 4) is 16.2 Å². The van der Waals surface area contributed by atoms with Crippen LogP contribution in [-0.2, 0) is 0 Å². The molecule has 0 saturated carbocycles. The number of carboxylic acid groups (broad SMARTS) is 1. The number of thiazole rings is 1. The smallest absolute Gasteiger partial charge is 0.407 e. The van der Waals surface area contributed by atoms with Crippen molar-refractivity contribution < 1.29 is 15.0 Å². The number of hydrogen-bond acceptors (Lipinski definition) is 7. The lowest BCUT2D eigenvalue weighted by Crippen LogP contribution is -2.33. The summed E-state index contributed by atoms with van der Waals surface area (Å²) in [5.41, 5.74) is 5.84. The molecule has 31 heavy (non-hydrogen) atoms. The molecule has 5 rings (SSSR count). The van der Waals surface area contributed by atoms with Crippen LogP contribution in [0.4, 0.5) is 16.3 Å². The SMILES string of the molecule is O=C(O)N1CC=C(c2cc3c(Nc4ccc(O)c(-c5cncs5)c4)ncnc3[nH]2)CC1. The van der Waals surface area contributed by atoms with Crippen molar-refractivity contribution in [2.24, 2.45) is 0 Å². The lowest BCUT2D eigenvalue weighted by molar-refractivity contribution is 0.150. The second-order valence-corrected chi connectivity index (χ2v) is 7.98. The lowest BCUT2D eigenvalue weighted by atomic mass is 10.1. The fourth-order valence-corrected chi connectivity index (χ4v) is 4.24. The zero-order chi connectivity index (χ0) is 21.4. The van der Waals surface area contributed by atoms with Crippen molar-refractivity contribution in [2.75, 3.05) is 18.4 Å². The Kier molecular flexibility index (Phi) is 4.75. The number of phenols is 1. The lowest BCUT2D eigenvalue weighted by Gasteiger charge is -2.23. The number of benzene rings is 1. The van der Waals surface area contributed by atoms with Crippen LogP contribution in [0.1, 0.15) is 12.1 Å². The van der Waals surface area contributed by atoms with Gasteiger partial charge in [-0.15, -0.1) is 11.3 Å². The van der Waals surface area contributed by atoms with Crippen molar-refractivity contribution in [3.63, 3.8) is 0 Å². The van der Waals surface area contributed by atoms with Crippen molar-refractivity contribution in [1.29, 1.82) is 0 Å². The van der Waals surface area contributed by atoms with Crippen LogP contribution in [0.3, 0.4) is 0 Å². The molecule has 1 aromatic carbocycles. The second kappa shape index (κ2) is 7.73. The predicted octanol–water partition coefficient (Wildman–Crippen LogP) is 4.30. The highest BCUT2D eigenvalue weighted by atomic mass is 32.1. The minimum Gasteiger partial charge on any atom is -0.507 e. The number of aromatic nitrogens is 4. The largest absolute Gasteiger partial charge is 0.507 e. The summed E-state index contributed by atoms with van der Waals surface area (Å²) < 4.78 is 0. The molecule has 9 nitrogen and oxygen atoms in total. The van der Waals surface area contributed by atoms with E-state index < -0.39 is 6.09 Å². The van der Waals surface area contributed by atoms with Crippen LogP contribution in [0.5, 0.6) is 5.75 Å². The highest BCUT2D eigenvalue weighted by Gasteiger charge is 2.19. The van der Waals surface area contributed by atoms with E-state index in [2.05, 4.69) is 25.3 Å². The molecular formula is C21H18N6O3S. The minimum absolute atomic E-state index is 0.186. The summed E-state index contributed by atoms with van der Waals surface area (Å²) >= 11 is 1.45. The van der Waals surface area contributed by atoms with Crippen LogP contribution in [0, 0.1) is 0 Å². The molecule has 0 unspecified atom stereocenters. The number of fused-ring (bicyclic) bond motifs is 1. The van der Waals surface area contributed by atoms with Gasteiger partial charge in [-0.25, -0.2) is 14.8 Å². The van der Waals surface area contributed by atoms with Crippen LogP contribution in [-0.4, -0.2) is 54.2 Å². The molecule has 0 saturated heterocycles. The number of aromatic amines is 1. The summed E-state index contributed by atoms with van der Waals surface area (Å²) in [4.78, 5) is 29.5. The van der Waals surface area contributed by atoms with Gasteiger partial charge in [0.2, 0.25) is 0 Å². The van der Waals surface area contributed by atoms with Gasteiger partial charge in [-0.2, -0.15) is 0 Å². The summed E-state index contributed by atoms with van der Waals surface area (Å²) in [5.74, 6) is 0.822. The number of carbonyl (C=O) groups is 1. The first-order valence-corrected chi connectivity index (χ1v) is 10.5. The molecule has 4 aromatic rings. The Hall–Kier alpha value is -3.92. The Morgan fingerprint density at radius 1 is 1.26 bits per heavy atom. The van der Waals surface area contributed by atoms with Gasteiger partial charge in [0.15, 0.2) is 0 Å². The normalized spacial score (nSPS) is 13.9. The van der Waals surface area contributed by atoms with Gasteiger partial charge in [0.25, 0.3) is 0 Å². The van der Waals surface area contributed by atoms with Gasteiger partial charge in [0, 0.05) is 36.2 Å². The molecule has 4 heterocycles. The van der Waals surface area contributed by atoms with Crippen molar-refractivity contribution in [2.45, 2.75) is 6.42 Å². The van der Waals surface area contributed by atoms with E-state index in [-0.39, 0.29) is 5.75 Å². The monoisotopic (exact) mass is 434 g/mol. The third-order valence-corrected chi connectivity index (χ3v) is 6.01. The van der Waals surface area contributed by atoms with E-state index in [0.29, 0.717) is 36.5 Å². The maximum atomic E-state index is 11.1. The van der Waals surface area contributed by atoms with Gasteiger partial charge in [-0.05, 0) is 36.3 Å². The number of H-pyrrole nitrogens is 1. The van der Waals surface area contributed by atoms with Crippen molar-refractivity contribution in [3.05, 3.63) is 54.1 Å². The molecule has 3 aromatic heterocycles. The van der Waals surface area contributed by atoms with Crippen LogP contribution in [0.2, 0.25) is 0 Å². The number of anilines is 2. The zero-order valence-corrected chi connectivity index (χ0v) is 17.1. The number of hydrogen-bond donors (Lipinski definition) is 4. The van der Waals surface area contributed by atoms with Gasteiger partial charge in [-0.1, -0.05) is 6.08 Å². The van der Waals surface area contributed by atoms with E-state index in [1.54, 1.807) is 23.8 Å². The zero-order valence-electron chi connectivity index (χ0n) is 16.2. The van der Waals surface area contributed by atoms with Gasteiger partial charge in [0.05, 0.1) is 15.8 Å². The third-order valence-electron chi connectivity index (χ3n) is 5.21. The Labute approximate surface area is 180 Å².